The van der Waals surface area contributed by atoms with Crippen LogP contribution in [-0.2, 0) is 0 Å². The second-order valence-electron chi connectivity index (χ2n) is 2.78. The molecule has 0 atom stereocenters. The van der Waals surface area contributed by atoms with Crippen molar-refractivity contribution in [2.75, 3.05) is 0 Å². The van der Waals surface area contributed by atoms with Crippen LogP contribution in [0.2, 0.25) is 10.0 Å². The Morgan fingerprint density at radius 2 is 2.00 bits per heavy atom. The number of aromatic nitrogens is 1. The van der Waals surface area contributed by atoms with E-state index >= 15 is 0 Å². The first kappa shape index (κ1) is 9.50. The van der Waals surface area contributed by atoms with Crippen LogP contribution in [0.15, 0.2) is 36.5 Å². The Labute approximate surface area is 92.3 Å². The van der Waals surface area contributed by atoms with Crippen LogP contribution in [0.25, 0.3) is 11.1 Å². The number of benzene rings is 1. The lowest BCUT2D eigenvalue weighted by Gasteiger charge is -2.04. The summed E-state index contributed by atoms with van der Waals surface area (Å²) in [5.41, 5.74) is 1.83. The molecule has 2 rings (SSSR count). The number of hydrogen-bond donors (Lipinski definition) is 0. The molecular formula is C11H6Cl2N. The largest absolute Gasteiger partial charge is 0.254 e. The number of rotatable bonds is 1. The van der Waals surface area contributed by atoms with Crippen LogP contribution in [0.4, 0.5) is 0 Å². The minimum absolute atomic E-state index is 0.553. The van der Waals surface area contributed by atoms with Crippen LogP contribution >= 0.6 is 23.2 Å². The fourth-order valence-electron chi connectivity index (χ4n) is 1.21. The second-order valence-corrected chi connectivity index (χ2v) is 3.56. The molecule has 0 unspecified atom stereocenters. The standard InChI is InChI=1S/C11H6Cl2N/c12-10-5-1-4-9(11(10)13)8-3-2-6-14-7-8/h1-5,7H. The summed E-state index contributed by atoms with van der Waals surface area (Å²) in [6.07, 6.45) is 4.42. The molecular weight excluding hydrogens is 217 g/mol. The first-order chi connectivity index (χ1) is 6.79. The monoisotopic (exact) mass is 222 g/mol. The smallest absolute Gasteiger partial charge is 0.0886 e. The average Bonchev–Trinajstić information content (AvgIpc) is 2.23. The number of hydrogen-bond acceptors (Lipinski definition) is 1. The van der Waals surface area contributed by atoms with Gasteiger partial charge in [0, 0.05) is 17.3 Å². The lowest BCUT2D eigenvalue weighted by molar-refractivity contribution is 1.31. The predicted octanol–water partition coefficient (Wildman–Crippen LogP) is 3.86. The van der Waals surface area contributed by atoms with Crippen LogP contribution in [0.3, 0.4) is 0 Å². The summed E-state index contributed by atoms with van der Waals surface area (Å²) in [5, 5.41) is 1.11. The molecule has 1 nitrogen and oxygen atoms in total. The Balaban J connectivity index is 2.58. The highest BCUT2D eigenvalue weighted by atomic mass is 35.5. The SMILES string of the molecule is Clc1cccc(-c2cc[c]nc2)c1Cl. The zero-order valence-electron chi connectivity index (χ0n) is 7.17. The third kappa shape index (κ3) is 1.74. The zero-order valence-corrected chi connectivity index (χ0v) is 8.68. The van der Waals surface area contributed by atoms with Crippen molar-refractivity contribution in [3.8, 4) is 11.1 Å². The Hall–Kier alpha value is -1.05. The summed E-state index contributed by atoms with van der Waals surface area (Å²) in [6, 6.07) is 9.17. The molecule has 1 radical (unpaired) electrons. The highest BCUT2D eigenvalue weighted by Crippen LogP contribution is 2.32. The lowest BCUT2D eigenvalue weighted by Crippen LogP contribution is -1.81. The summed E-state index contributed by atoms with van der Waals surface area (Å²) in [6.45, 7) is 0. The van der Waals surface area contributed by atoms with E-state index in [1.54, 1.807) is 18.3 Å². The van der Waals surface area contributed by atoms with Gasteiger partial charge in [0.15, 0.2) is 0 Å². The van der Waals surface area contributed by atoms with Gasteiger partial charge in [0.05, 0.1) is 16.2 Å². The Bertz CT molecular complexity index is 440. The van der Waals surface area contributed by atoms with E-state index in [2.05, 4.69) is 11.2 Å². The van der Waals surface area contributed by atoms with Crippen molar-refractivity contribution in [2.45, 2.75) is 0 Å². The molecule has 0 aliphatic heterocycles. The van der Waals surface area contributed by atoms with E-state index in [9.17, 15) is 0 Å². The fraction of sp³-hybridized carbons (Fsp3) is 0. The summed E-state index contributed by atoms with van der Waals surface area (Å²) >= 11 is 12.0. The van der Waals surface area contributed by atoms with E-state index in [0.717, 1.165) is 11.1 Å². The van der Waals surface area contributed by atoms with E-state index in [-0.39, 0.29) is 0 Å². The number of halogens is 2. The molecule has 0 aliphatic rings. The maximum atomic E-state index is 6.06. The molecule has 0 fully saturated rings. The molecule has 0 saturated heterocycles. The van der Waals surface area contributed by atoms with Crippen molar-refractivity contribution < 1.29 is 0 Å². The van der Waals surface area contributed by atoms with Gasteiger partial charge in [-0.2, -0.15) is 0 Å². The second kappa shape index (κ2) is 3.99. The maximum absolute atomic E-state index is 6.06. The molecule has 3 heteroatoms. The van der Waals surface area contributed by atoms with Gasteiger partial charge in [-0.3, -0.25) is 4.98 Å². The molecule has 1 aromatic carbocycles. The van der Waals surface area contributed by atoms with Crippen molar-refractivity contribution in [3.05, 3.63) is 52.8 Å². The molecule has 1 heterocycles. The summed E-state index contributed by atoms with van der Waals surface area (Å²) in [5.74, 6) is 0. The molecule has 1 aromatic heterocycles. The van der Waals surface area contributed by atoms with Gasteiger partial charge in [0.1, 0.15) is 0 Å². The van der Waals surface area contributed by atoms with Gasteiger partial charge in [-0.05, 0) is 12.1 Å². The zero-order chi connectivity index (χ0) is 9.97. The van der Waals surface area contributed by atoms with Crippen LogP contribution in [0.1, 0.15) is 0 Å². The van der Waals surface area contributed by atoms with Crippen molar-refractivity contribution in [3.63, 3.8) is 0 Å². The summed E-state index contributed by atoms with van der Waals surface area (Å²) < 4.78 is 0. The van der Waals surface area contributed by atoms with Gasteiger partial charge in [-0.15, -0.1) is 0 Å². The quantitative estimate of drug-likeness (QED) is 0.715. The van der Waals surface area contributed by atoms with Gasteiger partial charge in [-0.1, -0.05) is 41.4 Å². The van der Waals surface area contributed by atoms with E-state index in [0.29, 0.717) is 10.0 Å². The van der Waals surface area contributed by atoms with Crippen molar-refractivity contribution in [1.29, 1.82) is 0 Å². The van der Waals surface area contributed by atoms with Crippen molar-refractivity contribution in [1.82, 2.24) is 4.98 Å². The fourth-order valence-corrected chi connectivity index (χ4v) is 1.62. The highest BCUT2D eigenvalue weighted by Gasteiger charge is 2.05. The normalized spacial score (nSPS) is 10.1. The average molecular weight is 223 g/mol. The maximum Gasteiger partial charge on any atom is 0.0886 e. The highest BCUT2D eigenvalue weighted by molar-refractivity contribution is 6.43. The minimum Gasteiger partial charge on any atom is -0.254 e. The third-order valence-corrected chi connectivity index (χ3v) is 2.70. The lowest BCUT2D eigenvalue weighted by atomic mass is 10.1. The van der Waals surface area contributed by atoms with Crippen molar-refractivity contribution in [2.24, 2.45) is 0 Å². The molecule has 0 spiro atoms. The van der Waals surface area contributed by atoms with Crippen molar-refractivity contribution >= 4 is 23.2 Å². The van der Waals surface area contributed by atoms with E-state index < -0.39 is 0 Å². The molecule has 0 aliphatic carbocycles. The molecule has 0 bridgehead atoms. The molecule has 0 amide bonds. The van der Waals surface area contributed by atoms with Crippen LogP contribution in [0.5, 0.6) is 0 Å². The molecule has 0 N–H and O–H groups in total. The Morgan fingerprint density at radius 1 is 1.14 bits per heavy atom. The number of nitrogens with zero attached hydrogens (tertiary/aromatic N) is 1. The van der Waals surface area contributed by atoms with Gasteiger partial charge in [-0.25, -0.2) is 0 Å². The van der Waals surface area contributed by atoms with E-state index in [4.69, 9.17) is 23.2 Å². The Morgan fingerprint density at radius 3 is 2.71 bits per heavy atom. The molecule has 14 heavy (non-hydrogen) atoms. The number of pyridine rings is 1. The first-order valence-electron chi connectivity index (χ1n) is 4.05. The Kier molecular flexibility index (Phi) is 2.71. The van der Waals surface area contributed by atoms with E-state index in [1.165, 1.54) is 0 Å². The first-order valence-corrected chi connectivity index (χ1v) is 4.81. The third-order valence-electron chi connectivity index (χ3n) is 1.88. The van der Waals surface area contributed by atoms with Gasteiger partial charge >= 0.3 is 0 Å². The van der Waals surface area contributed by atoms with Gasteiger partial charge in [0.2, 0.25) is 0 Å². The topological polar surface area (TPSA) is 12.9 Å². The predicted molar refractivity (Wildman–Crippen MR) is 58.5 cm³/mol. The minimum atomic E-state index is 0.553. The summed E-state index contributed by atoms with van der Waals surface area (Å²) in [4.78, 5) is 3.91. The van der Waals surface area contributed by atoms with Crippen LogP contribution in [0, 0.1) is 6.20 Å². The van der Waals surface area contributed by atoms with Gasteiger partial charge < -0.3 is 0 Å². The summed E-state index contributed by atoms with van der Waals surface area (Å²) in [7, 11) is 0. The molecule has 69 valence electrons. The molecule has 2 aromatic rings. The van der Waals surface area contributed by atoms with Crippen LogP contribution in [-0.4, -0.2) is 4.98 Å². The molecule has 0 saturated carbocycles. The van der Waals surface area contributed by atoms with Gasteiger partial charge in [0.25, 0.3) is 0 Å². The van der Waals surface area contributed by atoms with Crippen LogP contribution < -0.4 is 0 Å². The van der Waals surface area contributed by atoms with E-state index in [1.807, 2.05) is 18.2 Å².